The number of Topliss-reactive ketones (excluding diaryl/α,β-unsaturated/α-hetero) is 2. The van der Waals surface area contributed by atoms with E-state index in [0.717, 1.165) is 19.3 Å². The van der Waals surface area contributed by atoms with Crippen molar-refractivity contribution < 1.29 is 28.6 Å². The maximum atomic E-state index is 14.7. The number of ketones is 2. The van der Waals surface area contributed by atoms with Gasteiger partial charge in [-0.3, -0.25) is 24.7 Å². The number of nitrogens with one attached hydrogen (secondary N) is 2. The molecule has 2 amide bonds. The first-order valence-corrected chi connectivity index (χ1v) is 17.0. The summed E-state index contributed by atoms with van der Waals surface area (Å²) in [5.41, 5.74) is -2.96. The summed E-state index contributed by atoms with van der Waals surface area (Å²) in [5, 5.41) is 6.32. The first-order chi connectivity index (χ1) is 21.6. The van der Waals surface area contributed by atoms with Gasteiger partial charge >= 0.3 is 14.1 Å². The molecule has 1 fully saturated rings. The lowest BCUT2D eigenvalue weighted by molar-refractivity contribution is -0.178. The van der Waals surface area contributed by atoms with Crippen LogP contribution in [0, 0.1) is 5.92 Å². The Bertz CT molecular complexity index is 1300. The van der Waals surface area contributed by atoms with Crippen molar-refractivity contribution in [3.63, 3.8) is 0 Å². The first kappa shape index (κ1) is 40.0. The quantitative estimate of drug-likeness (QED) is 0.0777. The van der Waals surface area contributed by atoms with Gasteiger partial charge in [-0.2, -0.15) is 0 Å². The fourth-order valence-corrected chi connectivity index (χ4v) is 6.82. The van der Waals surface area contributed by atoms with Gasteiger partial charge in [0, 0.05) is 11.1 Å². The van der Waals surface area contributed by atoms with Crippen LogP contribution in [-0.4, -0.2) is 83.3 Å². The molecule has 0 radical (unpaired) electrons. The summed E-state index contributed by atoms with van der Waals surface area (Å²) in [6, 6.07) is 6.98. The topological polar surface area (TPSA) is 126 Å². The number of aliphatic imine (C=N–C) groups is 1. The van der Waals surface area contributed by atoms with E-state index in [0.29, 0.717) is 18.4 Å². The summed E-state index contributed by atoms with van der Waals surface area (Å²) in [6.45, 7) is 22.3. The number of nitrogens with zero attached hydrogens (tertiary/aromatic N) is 2. The molecule has 0 aromatic heterocycles. The van der Waals surface area contributed by atoms with Crippen molar-refractivity contribution in [2.75, 3.05) is 6.54 Å². The molecule has 47 heavy (non-hydrogen) atoms. The SMILES string of the molecule is BOC=NC[C@@H](C(=O)C(C)(C)N1C(=O)[C@H](NC(=O)OC(C)(C)C)C1(C)C)C(C)(C)NC(CC)(CC)C(=O)c1ccc(CCCC)cc1. The minimum atomic E-state index is -1.28. The highest BCUT2D eigenvalue weighted by Crippen LogP contribution is 2.41. The number of hydrogen-bond donors (Lipinski definition) is 2. The molecule has 10 nitrogen and oxygen atoms in total. The van der Waals surface area contributed by atoms with Gasteiger partial charge in [-0.15, -0.1) is 0 Å². The molecule has 2 rings (SSSR count). The number of amides is 2. The average molecular weight is 655 g/mol. The Kier molecular flexibility index (Phi) is 13.1. The van der Waals surface area contributed by atoms with E-state index in [1.54, 1.807) is 34.6 Å². The monoisotopic (exact) mass is 654 g/mol. The second kappa shape index (κ2) is 15.3. The largest absolute Gasteiger partial charge is 0.560 e. The molecule has 2 N–H and O–H groups in total. The van der Waals surface area contributed by atoms with Gasteiger partial charge in [0.05, 0.1) is 29.1 Å². The van der Waals surface area contributed by atoms with Gasteiger partial charge < -0.3 is 19.6 Å². The van der Waals surface area contributed by atoms with Crippen molar-refractivity contribution in [1.82, 2.24) is 15.5 Å². The van der Waals surface area contributed by atoms with E-state index >= 15 is 0 Å². The molecule has 11 heteroatoms. The normalized spacial score (nSPS) is 17.7. The lowest BCUT2D eigenvalue weighted by Gasteiger charge is -2.60. The summed E-state index contributed by atoms with van der Waals surface area (Å²) >= 11 is 0. The number of aryl methyl sites for hydroxylation is 1. The molecule has 262 valence electrons. The van der Waals surface area contributed by atoms with Gasteiger partial charge in [0.25, 0.3) is 0 Å². The molecule has 1 aliphatic rings. The first-order valence-electron chi connectivity index (χ1n) is 17.0. The zero-order valence-electron chi connectivity index (χ0n) is 31.1. The Morgan fingerprint density at radius 3 is 2.06 bits per heavy atom. The summed E-state index contributed by atoms with van der Waals surface area (Å²) in [7, 11) is 1.48. The molecule has 1 aromatic rings. The summed E-state index contributed by atoms with van der Waals surface area (Å²) in [5.74, 6) is -1.39. The van der Waals surface area contributed by atoms with Crippen molar-refractivity contribution in [1.29, 1.82) is 0 Å². The molecule has 0 saturated carbocycles. The molecule has 0 unspecified atom stereocenters. The Labute approximate surface area is 283 Å². The van der Waals surface area contributed by atoms with Crippen LogP contribution in [0.15, 0.2) is 29.3 Å². The van der Waals surface area contributed by atoms with Crippen molar-refractivity contribution in [3.05, 3.63) is 35.4 Å². The summed E-state index contributed by atoms with van der Waals surface area (Å²) in [4.78, 5) is 60.9. The number of likely N-dealkylation sites (tertiary alicyclic amines) is 1. The number of β-lactam (4-membered cyclic amide) rings is 1. The van der Waals surface area contributed by atoms with E-state index in [4.69, 9.17) is 9.39 Å². The predicted octanol–water partition coefficient (Wildman–Crippen LogP) is 5.21. The summed E-state index contributed by atoms with van der Waals surface area (Å²) < 4.78 is 10.4. The summed E-state index contributed by atoms with van der Waals surface area (Å²) in [6.07, 6.45) is 4.78. The third-order valence-electron chi connectivity index (χ3n) is 9.47. The van der Waals surface area contributed by atoms with Crippen LogP contribution in [-0.2, 0) is 25.4 Å². The van der Waals surface area contributed by atoms with E-state index in [9.17, 15) is 19.2 Å². The van der Waals surface area contributed by atoms with Gasteiger partial charge in [-0.25, -0.2) is 4.79 Å². The molecular weight excluding hydrogens is 595 g/mol. The van der Waals surface area contributed by atoms with Gasteiger partial charge in [0.2, 0.25) is 5.91 Å². The van der Waals surface area contributed by atoms with Crippen LogP contribution in [0.25, 0.3) is 0 Å². The van der Waals surface area contributed by atoms with Gasteiger partial charge in [0.1, 0.15) is 11.6 Å². The Morgan fingerprint density at radius 2 is 1.60 bits per heavy atom. The third kappa shape index (κ3) is 9.03. The molecule has 1 aliphatic heterocycles. The molecular formula is C36H59BN4O6. The van der Waals surface area contributed by atoms with Crippen LogP contribution in [0.4, 0.5) is 4.79 Å². The highest BCUT2D eigenvalue weighted by molar-refractivity contribution is 6.04. The predicted molar refractivity (Wildman–Crippen MR) is 190 cm³/mol. The van der Waals surface area contributed by atoms with Gasteiger partial charge in [0.15, 0.2) is 18.0 Å². The Morgan fingerprint density at radius 1 is 1.02 bits per heavy atom. The Balaban J connectivity index is 2.44. The highest BCUT2D eigenvalue weighted by Gasteiger charge is 2.62. The molecule has 1 heterocycles. The fraction of sp³-hybridized carbons (Fsp3) is 0.694. The lowest BCUT2D eigenvalue weighted by Crippen LogP contribution is -2.82. The molecule has 1 saturated heterocycles. The number of carbonyl (C=O) groups is 4. The maximum Gasteiger partial charge on any atom is 0.408 e. The van der Waals surface area contributed by atoms with Crippen LogP contribution in [0.1, 0.15) is 125 Å². The van der Waals surface area contributed by atoms with Gasteiger partial charge in [-0.1, -0.05) is 51.5 Å². The molecule has 0 bridgehead atoms. The van der Waals surface area contributed by atoms with E-state index in [1.807, 2.05) is 65.8 Å². The van der Waals surface area contributed by atoms with Crippen molar-refractivity contribution in [3.8, 4) is 0 Å². The highest BCUT2D eigenvalue weighted by atomic mass is 16.6. The minimum Gasteiger partial charge on any atom is -0.560 e. The minimum absolute atomic E-state index is 0.0291. The molecule has 1 aromatic carbocycles. The van der Waals surface area contributed by atoms with E-state index in [1.165, 1.54) is 24.9 Å². The number of unbranched alkanes of at least 4 members (excludes halogenated alkanes) is 1. The zero-order valence-corrected chi connectivity index (χ0v) is 31.1. The third-order valence-corrected chi connectivity index (χ3v) is 9.47. The van der Waals surface area contributed by atoms with Crippen LogP contribution in [0.3, 0.4) is 0 Å². The number of alkyl carbamates (subject to hydrolysis) is 1. The van der Waals surface area contributed by atoms with E-state index in [-0.39, 0.29) is 24.0 Å². The van der Waals surface area contributed by atoms with Crippen LogP contribution in [0.5, 0.6) is 0 Å². The second-order valence-electron chi connectivity index (χ2n) is 15.4. The number of rotatable bonds is 17. The standard InChI is InChI=1S/C36H59BN4O6/c1-13-16-17-24-18-20-25(21-19-24)28(42)36(14-2,15-3)40-33(7,8)26(22-38-23-46-37)29(43)35(11,12)41-30(44)27(34(41,9)10)39-31(45)47-32(4,5)6/h18-21,23,26-27,40H,13-17,22,37H2,1-12H3,(H,39,45)/t26-,27-/m0/s1. The fourth-order valence-electron chi connectivity index (χ4n) is 6.82. The molecule has 0 spiro atoms. The van der Waals surface area contributed by atoms with Crippen molar-refractivity contribution in [2.45, 2.75) is 149 Å². The van der Waals surface area contributed by atoms with Crippen LogP contribution < -0.4 is 10.6 Å². The average Bonchev–Trinajstić information content (AvgIpc) is 2.98. The molecule has 2 atom stereocenters. The maximum absolute atomic E-state index is 14.7. The van der Waals surface area contributed by atoms with Gasteiger partial charge in [-0.05, 0) is 93.6 Å². The van der Waals surface area contributed by atoms with Crippen LogP contribution >= 0.6 is 0 Å². The van der Waals surface area contributed by atoms with Crippen molar-refractivity contribution >= 4 is 38.0 Å². The zero-order chi connectivity index (χ0) is 36.0. The van der Waals surface area contributed by atoms with Crippen LogP contribution in [0.2, 0.25) is 0 Å². The number of benzene rings is 1. The van der Waals surface area contributed by atoms with Crippen molar-refractivity contribution in [2.24, 2.45) is 10.9 Å². The number of hydrogen-bond acceptors (Lipinski definition) is 8. The smallest absolute Gasteiger partial charge is 0.408 e. The van der Waals surface area contributed by atoms with E-state index in [2.05, 4.69) is 22.5 Å². The lowest BCUT2D eigenvalue weighted by atomic mass is 9.70. The Hall–Kier alpha value is -3.21. The second-order valence-corrected chi connectivity index (χ2v) is 15.4. The van der Waals surface area contributed by atoms with E-state index < -0.39 is 45.8 Å². The molecule has 0 aliphatic carbocycles. The number of ether oxygens (including phenoxy) is 1. The number of carbonyl (C=O) groups excluding carboxylic acids is 4.